The molecule has 94 valence electrons. The molecule has 0 aromatic heterocycles. The molecular weight excluding hydrogens is 216 g/mol. The Morgan fingerprint density at radius 1 is 1.56 bits per heavy atom. The maximum Gasteiger partial charge on any atom is 0.335 e. The van der Waals surface area contributed by atoms with E-state index in [9.17, 15) is 9.59 Å². The molecule has 1 atom stereocenters. The SMILES string of the molecule is C=C(C)C(=O)OC(O)CO.CCNC(N)=O. The van der Waals surface area contributed by atoms with E-state index in [0.717, 1.165) is 0 Å². The number of urea groups is 1. The van der Waals surface area contributed by atoms with Gasteiger partial charge in [-0.3, -0.25) is 0 Å². The molecule has 0 rings (SSSR count). The lowest BCUT2D eigenvalue weighted by atomic mass is 10.4. The number of amides is 2. The maximum absolute atomic E-state index is 10.5. The summed E-state index contributed by atoms with van der Waals surface area (Å²) >= 11 is 0. The molecule has 1 unspecified atom stereocenters. The first-order valence-corrected chi connectivity index (χ1v) is 4.53. The first-order chi connectivity index (χ1) is 7.34. The molecule has 0 bridgehead atoms. The van der Waals surface area contributed by atoms with Gasteiger partial charge in [-0.25, -0.2) is 9.59 Å². The Hall–Kier alpha value is -1.60. The van der Waals surface area contributed by atoms with E-state index in [2.05, 4.69) is 22.4 Å². The smallest absolute Gasteiger partial charge is 0.335 e. The Morgan fingerprint density at radius 3 is 2.25 bits per heavy atom. The van der Waals surface area contributed by atoms with Crippen LogP contribution in [0.1, 0.15) is 13.8 Å². The number of hydrogen-bond acceptors (Lipinski definition) is 5. The number of aliphatic hydroxyl groups excluding tert-OH is 2. The predicted octanol–water partition coefficient (Wildman–Crippen LogP) is -0.909. The Morgan fingerprint density at radius 2 is 2.06 bits per heavy atom. The van der Waals surface area contributed by atoms with Gasteiger partial charge in [0.2, 0.25) is 6.29 Å². The van der Waals surface area contributed by atoms with E-state index in [4.69, 9.17) is 10.2 Å². The second-order valence-electron chi connectivity index (χ2n) is 2.72. The quantitative estimate of drug-likeness (QED) is 0.285. The maximum atomic E-state index is 10.5. The summed E-state index contributed by atoms with van der Waals surface area (Å²) in [5, 5.41) is 19.1. The minimum Gasteiger partial charge on any atom is -0.430 e. The third-order valence-corrected chi connectivity index (χ3v) is 1.10. The molecule has 0 aliphatic carbocycles. The third kappa shape index (κ3) is 12.4. The van der Waals surface area contributed by atoms with E-state index in [1.807, 2.05) is 6.92 Å². The highest BCUT2D eigenvalue weighted by atomic mass is 16.6. The van der Waals surface area contributed by atoms with Crippen molar-refractivity contribution in [2.75, 3.05) is 13.2 Å². The van der Waals surface area contributed by atoms with Crippen LogP contribution in [0.4, 0.5) is 4.79 Å². The summed E-state index contributed by atoms with van der Waals surface area (Å²) in [4.78, 5) is 20.2. The number of ether oxygens (including phenoxy) is 1. The van der Waals surface area contributed by atoms with Gasteiger partial charge in [0.05, 0.1) is 0 Å². The van der Waals surface area contributed by atoms with Crippen molar-refractivity contribution in [1.29, 1.82) is 0 Å². The van der Waals surface area contributed by atoms with Crippen molar-refractivity contribution in [3.63, 3.8) is 0 Å². The van der Waals surface area contributed by atoms with Gasteiger partial charge < -0.3 is 26.0 Å². The average Bonchev–Trinajstić information content (AvgIpc) is 2.18. The Balaban J connectivity index is 0. The number of rotatable bonds is 4. The van der Waals surface area contributed by atoms with Crippen molar-refractivity contribution in [3.05, 3.63) is 12.2 Å². The highest BCUT2D eigenvalue weighted by Gasteiger charge is 2.08. The summed E-state index contributed by atoms with van der Waals surface area (Å²) in [5.41, 5.74) is 4.84. The number of primary amides is 1. The molecular formula is C9H18N2O5. The standard InChI is InChI=1S/C6H10O4.C3H8N2O/c1-4(2)6(9)10-5(8)3-7;1-2-5-3(4)6/h5,7-8H,1,3H2,2H3;2H2,1H3,(H3,4,5,6). The van der Waals surface area contributed by atoms with E-state index in [1.54, 1.807) is 0 Å². The molecule has 7 nitrogen and oxygen atoms in total. The molecule has 0 saturated carbocycles. The van der Waals surface area contributed by atoms with Crippen LogP contribution in [0.5, 0.6) is 0 Å². The molecule has 0 aromatic rings. The fourth-order valence-corrected chi connectivity index (χ4v) is 0.436. The van der Waals surface area contributed by atoms with Gasteiger partial charge in [-0.15, -0.1) is 0 Å². The molecule has 2 amide bonds. The van der Waals surface area contributed by atoms with Gasteiger partial charge in [-0.2, -0.15) is 0 Å². The van der Waals surface area contributed by atoms with Gasteiger partial charge in [0.1, 0.15) is 6.61 Å². The number of hydrogen-bond donors (Lipinski definition) is 4. The largest absolute Gasteiger partial charge is 0.430 e. The van der Waals surface area contributed by atoms with E-state index >= 15 is 0 Å². The van der Waals surface area contributed by atoms with Crippen LogP contribution in [0.3, 0.4) is 0 Å². The minimum absolute atomic E-state index is 0.188. The number of carbonyl (C=O) groups excluding carboxylic acids is 2. The molecule has 0 fully saturated rings. The van der Waals surface area contributed by atoms with Crippen LogP contribution in [0.25, 0.3) is 0 Å². The minimum atomic E-state index is -1.44. The lowest BCUT2D eigenvalue weighted by Gasteiger charge is -2.07. The number of nitrogens with one attached hydrogen (secondary N) is 1. The first-order valence-electron chi connectivity index (χ1n) is 4.53. The monoisotopic (exact) mass is 234 g/mol. The highest BCUT2D eigenvalue weighted by molar-refractivity contribution is 5.86. The summed E-state index contributed by atoms with van der Waals surface area (Å²) in [5.74, 6) is -0.707. The van der Waals surface area contributed by atoms with Crippen molar-refractivity contribution >= 4 is 12.0 Å². The van der Waals surface area contributed by atoms with Crippen molar-refractivity contribution < 1.29 is 24.5 Å². The normalized spacial score (nSPS) is 10.5. The molecule has 5 N–H and O–H groups in total. The van der Waals surface area contributed by atoms with Crippen molar-refractivity contribution in [1.82, 2.24) is 5.32 Å². The average molecular weight is 234 g/mol. The molecule has 0 aliphatic heterocycles. The van der Waals surface area contributed by atoms with E-state index in [-0.39, 0.29) is 5.57 Å². The summed E-state index contributed by atoms with van der Waals surface area (Å²) in [6, 6.07) is -0.461. The zero-order chi connectivity index (χ0) is 13.1. The second kappa shape index (κ2) is 9.94. The Bertz CT molecular complexity index is 242. The molecule has 0 aliphatic rings. The van der Waals surface area contributed by atoms with Crippen LogP contribution in [0, 0.1) is 0 Å². The van der Waals surface area contributed by atoms with E-state index in [0.29, 0.717) is 6.54 Å². The summed E-state index contributed by atoms with van der Waals surface area (Å²) in [6.45, 7) is 6.54. The molecule has 16 heavy (non-hydrogen) atoms. The lowest BCUT2D eigenvalue weighted by molar-refractivity contribution is -0.168. The van der Waals surface area contributed by atoms with E-state index < -0.39 is 24.9 Å². The van der Waals surface area contributed by atoms with Crippen LogP contribution in [-0.2, 0) is 9.53 Å². The fraction of sp³-hybridized carbons (Fsp3) is 0.556. The van der Waals surface area contributed by atoms with Crippen LogP contribution in [0.15, 0.2) is 12.2 Å². The Kier molecular flexibility index (Phi) is 10.4. The van der Waals surface area contributed by atoms with Crippen molar-refractivity contribution in [3.8, 4) is 0 Å². The third-order valence-electron chi connectivity index (χ3n) is 1.10. The number of esters is 1. The van der Waals surface area contributed by atoms with Gasteiger partial charge in [-0.05, 0) is 13.8 Å². The molecule has 0 heterocycles. The fourth-order valence-electron chi connectivity index (χ4n) is 0.436. The summed E-state index contributed by atoms with van der Waals surface area (Å²) in [7, 11) is 0. The summed E-state index contributed by atoms with van der Waals surface area (Å²) < 4.78 is 4.23. The van der Waals surface area contributed by atoms with Crippen LogP contribution < -0.4 is 11.1 Å². The molecule has 0 radical (unpaired) electrons. The first kappa shape index (κ1) is 16.8. The molecule has 0 spiro atoms. The van der Waals surface area contributed by atoms with Crippen LogP contribution >= 0.6 is 0 Å². The van der Waals surface area contributed by atoms with Gasteiger partial charge in [0.15, 0.2) is 0 Å². The van der Waals surface area contributed by atoms with Crippen LogP contribution in [-0.4, -0.2) is 41.7 Å². The molecule has 7 heteroatoms. The van der Waals surface area contributed by atoms with Gasteiger partial charge in [0, 0.05) is 12.1 Å². The van der Waals surface area contributed by atoms with Gasteiger partial charge in [0.25, 0.3) is 0 Å². The highest BCUT2D eigenvalue weighted by Crippen LogP contribution is 1.94. The zero-order valence-corrected chi connectivity index (χ0v) is 9.40. The summed E-state index contributed by atoms with van der Waals surface area (Å²) in [6.07, 6.45) is -1.44. The zero-order valence-electron chi connectivity index (χ0n) is 9.40. The number of nitrogens with two attached hydrogens (primary N) is 1. The predicted molar refractivity (Wildman–Crippen MR) is 57.3 cm³/mol. The van der Waals surface area contributed by atoms with Crippen molar-refractivity contribution in [2.45, 2.75) is 20.1 Å². The van der Waals surface area contributed by atoms with Gasteiger partial charge in [-0.1, -0.05) is 6.58 Å². The number of aliphatic hydroxyl groups is 2. The molecule has 0 aromatic carbocycles. The Labute approximate surface area is 93.9 Å². The van der Waals surface area contributed by atoms with Crippen molar-refractivity contribution in [2.24, 2.45) is 5.73 Å². The van der Waals surface area contributed by atoms with Gasteiger partial charge >= 0.3 is 12.0 Å². The topological polar surface area (TPSA) is 122 Å². The number of carbonyl (C=O) groups is 2. The lowest BCUT2D eigenvalue weighted by Crippen LogP contribution is -2.28. The van der Waals surface area contributed by atoms with Crippen LogP contribution in [0.2, 0.25) is 0 Å². The van der Waals surface area contributed by atoms with E-state index in [1.165, 1.54) is 6.92 Å². The molecule has 0 saturated heterocycles. The second-order valence-corrected chi connectivity index (χ2v) is 2.72.